The van der Waals surface area contributed by atoms with Gasteiger partial charge in [-0.3, -0.25) is 9.59 Å². The first-order chi connectivity index (χ1) is 14.8. The summed E-state index contributed by atoms with van der Waals surface area (Å²) in [5.74, 6) is 0.761. The van der Waals surface area contributed by atoms with Gasteiger partial charge in [-0.2, -0.15) is 0 Å². The zero-order chi connectivity index (χ0) is 22.8. The number of carbonyl (C=O) groups excluding carboxylic acids is 2. The van der Waals surface area contributed by atoms with E-state index in [9.17, 15) is 9.59 Å². The fraction of sp³-hybridized carbons (Fsp3) is 0.417. The molecule has 0 heterocycles. The molecule has 7 heteroatoms. The van der Waals surface area contributed by atoms with E-state index < -0.39 is 6.04 Å². The van der Waals surface area contributed by atoms with Crippen LogP contribution in [0.3, 0.4) is 0 Å². The summed E-state index contributed by atoms with van der Waals surface area (Å²) in [5.41, 5.74) is 2.14. The van der Waals surface area contributed by atoms with Gasteiger partial charge in [0.15, 0.2) is 0 Å². The SMILES string of the molecule is CC[C@H](C)NC(=O)[C@@H](C)N(CCc1ccccc1)C(=O)CSCc1ccc(Cl)c(Cl)c1. The normalized spacial score (nSPS) is 12.8. The third kappa shape index (κ3) is 8.40. The van der Waals surface area contributed by atoms with E-state index in [1.807, 2.05) is 56.3 Å². The van der Waals surface area contributed by atoms with E-state index in [1.165, 1.54) is 11.8 Å². The average molecular weight is 481 g/mol. The first-order valence-corrected chi connectivity index (χ1v) is 12.4. The first-order valence-electron chi connectivity index (χ1n) is 10.5. The molecule has 168 valence electrons. The molecule has 0 fully saturated rings. The number of rotatable bonds is 11. The maximum Gasteiger partial charge on any atom is 0.242 e. The van der Waals surface area contributed by atoms with Gasteiger partial charge in [0.25, 0.3) is 0 Å². The quantitative estimate of drug-likeness (QED) is 0.455. The summed E-state index contributed by atoms with van der Waals surface area (Å²) in [6, 6.07) is 15.0. The molecule has 0 saturated heterocycles. The highest BCUT2D eigenvalue weighted by Crippen LogP contribution is 2.25. The van der Waals surface area contributed by atoms with Crippen LogP contribution in [0.4, 0.5) is 0 Å². The van der Waals surface area contributed by atoms with Gasteiger partial charge in [0.1, 0.15) is 6.04 Å². The van der Waals surface area contributed by atoms with Gasteiger partial charge in [-0.25, -0.2) is 0 Å². The predicted molar refractivity (Wildman–Crippen MR) is 132 cm³/mol. The monoisotopic (exact) mass is 480 g/mol. The van der Waals surface area contributed by atoms with E-state index in [2.05, 4.69) is 5.32 Å². The number of nitrogens with zero attached hydrogens (tertiary/aromatic N) is 1. The second-order valence-corrected chi connectivity index (χ2v) is 9.36. The third-order valence-corrected chi connectivity index (χ3v) is 6.86. The smallest absolute Gasteiger partial charge is 0.242 e. The maximum atomic E-state index is 13.1. The van der Waals surface area contributed by atoms with Crippen molar-refractivity contribution in [1.29, 1.82) is 0 Å². The van der Waals surface area contributed by atoms with Crippen molar-refractivity contribution in [3.05, 3.63) is 69.7 Å². The van der Waals surface area contributed by atoms with Gasteiger partial charge < -0.3 is 10.2 Å². The second-order valence-electron chi connectivity index (χ2n) is 7.56. The Morgan fingerprint density at radius 2 is 1.74 bits per heavy atom. The topological polar surface area (TPSA) is 49.4 Å². The van der Waals surface area contributed by atoms with Crippen molar-refractivity contribution in [1.82, 2.24) is 10.2 Å². The van der Waals surface area contributed by atoms with Gasteiger partial charge >= 0.3 is 0 Å². The molecule has 2 atom stereocenters. The van der Waals surface area contributed by atoms with Gasteiger partial charge in [0.05, 0.1) is 15.8 Å². The molecule has 0 bridgehead atoms. The maximum absolute atomic E-state index is 13.1. The molecule has 1 N–H and O–H groups in total. The Labute approximate surface area is 199 Å². The number of carbonyl (C=O) groups is 2. The highest BCUT2D eigenvalue weighted by molar-refractivity contribution is 7.99. The molecule has 2 aromatic carbocycles. The Morgan fingerprint density at radius 1 is 1.03 bits per heavy atom. The van der Waals surface area contributed by atoms with E-state index in [0.29, 0.717) is 28.8 Å². The number of hydrogen-bond donors (Lipinski definition) is 1. The van der Waals surface area contributed by atoms with Gasteiger partial charge in [-0.1, -0.05) is 66.5 Å². The molecule has 2 rings (SSSR count). The minimum atomic E-state index is -0.532. The number of nitrogens with one attached hydrogen (secondary N) is 1. The van der Waals surface area contributed by atoms with Gasteiger partial charge in [-0.15, -0.1) is 11.8 Å². The largest absolute Gasteiger partial charge is 0.352 e. The van der Waals surface area contributed by atoms with Crippen LogP contribution in [-0.4, -0.2) is 41.1 Å². The number of halogens is 2. The lowest BCUT2D eigenvalue weighted by atomic mass is 10.1. The van der Waals surface area contributed by atoms with E-state index in [-0.39, 0.29) is 23.6 Å². The third-order valence-electron chi connectivity index (χ3n) is 5.13. The zero-order valence-electron chi connectivity index (χ0n) is 18.2. The molecule has 4 nitrogen and oxygen atoms in total. The number of thioether (sulfide) groups is 1. The van der Waals surface area contributed by atoms with Crippen LogP contribution in [0.25, 0.3) is 0 Å². The molecule has 0 spiro atoms. The molecule has 0 aliphatic carbocycles. The second kappa shape index (κ2) is 13.0. The number of hydrogen-bond acceptors (Lipinski definition) is 3. The summed E-state index contributed by atoms with van der Waals surface area (Å²) in [4.78, 5) is 27.4. The Bertz CT molecular complexity index is 864. The molecule has 0 unspecified atom stereocenters. The summed E-state index contributed by atoms with van der Waals surface area (Å²) < 4.78 is 0. The fourth-order valence-corrected chi connectivity index (χ4v) is 4.18. The lowest BCUT2D eigenvalue weighted by Gasteiger charge is -2.29. The summed E-state index contributed by atoms with van der Waals surface area (Å²) >= 11 is 13.5. The van der Waals surface area contributed by atoms with Gasteiger partial charge in [-0.05, 0) is 49.9 Å². The highest BCUT2D eigenvalue weighted by atomic mass is 35.5. The zero-order valence-corrected chi connectivity index (χ0v) is 20.6. The molecule has 0 radical (unpaired) electrons. The Balaban J connectivity index is 2.01. The summed E-state index contributed by atoms with van der Waals surface area (Å²) in [5, 5.41) is 4.01. The van der Waals surface area contributed by atoms with Crippen molar-refractivity contribution < 1.29 is 9.59 Å². The minimum Gasteiger partial charge on any atom is -0.352 e. The molecule has 2 aromatic rings. The lowest BCUT2D eigenvalue weighted by Crippen LogP contribution is -2.51. The van der Waals surface area contributed by atoms with Crippen LogP contribution in [0.5, 0.6) is 0 Å². The molecule has 2 amide bonds. The average Bonchev–Trinajstić information content (AvgIpc) is 2.76. The van der Waals surface area contributed by atoms with E-state index in [4.69, 9.17) is 23.2 Å². The van der Waals surface area contributed by atoms with Crippen molar-refractivity contribution >= 4 is 46.8 Å². The van der Waals surface area contributed by atoms with Crippen LogP contribution in [0.15, 0.2) is 48.5 Å². The van der Waals surface area contributed by atoms with Crippen LogP contribution in [0, 0.1) is 0 Å². The van der Waals surface area contributed by atoms with Gasteiger partial charge in [0, 0.05) is 18.3 Å². The number of amides is 2. The minimum absolute atomic E-state index is 0.0483. The molecular weight excluding hydrogens is 451 g/mol. The Morgan fingerprint density at radius 3 is 2.39 bits per heavy atom. The Hall–Kier alpha value is -1.69. The predicted octanol–water partition coefficient (Wildman–Crippen LogP) is 5.60. The van der Waals surface area contributed by atoms with Crippen LogP contribution < -0.4 is 5.32 Å². The van der Waals surface area contributed by atoms with Crippen LogP contribution in [0.1, 0.15) is 38.3 Å². The molecule has 31 heavy (non-hydrogen) atoms. The molecular formula is C24H30Cl2N2O2S. The van der Waals surface area contributed by atoms with E-state index in [0.717, 1.165) is 17.5 Å². The first kappa shape index (κ1) is 25.6. The summed E-state index contributed by atoms with van der Waals surface area (Å²) in [6.07, 6.45) is 1.54. The Kier molecular flexibility index (Phi) is 10.7. The van der Waals surface area contributed by atoms with Gasteiger partial charge in [0.2, 0.25) is 11.8 Å². The van der Waals surface area contributed by atoms with Crippen molar-refractivity contribution in [3.63, 3.8) is 0 Å². The van der Waals surface area contributed by atoms with Crippen LogP contribution in [0.2, 0.25) is 10.0 Å². The van der Waals surface area contributed by atoms with Crippen LogP contribution >= 0.6 is 35.0 Å². The molecule has 0 saturated carbocycles. The summed E-state index contributed by atoms with van der Waals surface area (Å²) in [6.45, 7) is 6.27. The molecule has 0 aliphatic rings. The standard InChI is InChI=1S/C24H30Cl2N2O2S/c1-4-17(2)27-24(30)18(3)28(13-12-19-8-6-5-7-9-19)23(29)16-31-15-20-10-11-21(25)22(26)14-20/h5-11,14,17-18H,4,12-13,15-16H2,1-3H3,(H,27,30)/t17-,18+/m0/s1. The highest BCUT2D eigenvalue weighted by Gasteiger charge is 2.26. The summed E-state index contributed by atoms with van der Waals surface area (Å²) in [7, 11) is 0. The van der Waals surface area contributed by atoms with Crippen LogP contribution in [-0.2, 0) is 21.8 Å². The fourth-order valence-electron chi connectivity index (χ4n) is 3.00. The lowest BCUT2D eigenvalue weighted by molar-refractivity contribution is -0.138. The van der Waals surface area contributed by atoms with Crippen molar-refractivity contribution in [2.75, 3.05) is 12.3 Å². The molecule has 0 aromatic heterocycles. The molecule has 0 aliphatic heterocycles. The van der Waals surface area contributed by atoms with Crippen molar-refractivity contribution in [2.24, 2.45) is 0 Å². The van der Waals surface area contributed by atoms with E-state index >= 15 is 0 Å². The number of benzene rings is 2. The van der Waals surface area contributed by atoms with E-state index in [1.54, 1.807) is 17.9 Å². The van der Waals surface area contributed by atoms with Crippen molar-refractivity contribution in [3.8, 4) is 0 Å². The van der Waals surface area contributed by atoms with Crippen molar-refractivity contribution in [2.45, 2.75) is 51.4 Å².